The Morgan fingerprint density at radius 1 is 1.19 bits per heavy atom. The zero-order chi connectivity index (χ0) is 18.3. The number of anilines is 1. The van der Waals surface area contributed by atoms with Crippen LogP contribution in [0.3, 0.4) is 0 Å². The molecule has 3 N–H and O–H groups in total. The first-order chi connectivity index (χ1) is 12.5. The molecule has 3 aromatic rings. The topological polar surface area (TPSA) is 104 Å². The summed E-state index contributed by atoms with van der Waals surface area (Å²) in [6.45, 7) is 1.53. The first-order valence-corrected chi connectivity index (χ1v) is 9.17. The number of benzene rings is 1. The summed E-state index contributed by atoms with van der Waals surface area (Å²) in [4.78, 5) is 42.9. The summed E-state index contributed by atoms with van der Waals surface area (Å²) in [5, 5.41) is 2.69. The number of carbonyl (C=O) groups excluding carboxylic acids is 2. The second-order valence-corrected chi connectivity index (χ2v) is 7.43. The number of fused-ring (bicyclic) bond motifs is 2. The van der Waals surface area contributed by atoms with E-state index in [1.165, 1.54) is 28.7 Å². The summed E-state index contributed by atoms with van der Waals surface area (Å²) < 4.78 is 5.29. The second kappa shape index (κ2) is 6.45. The van der Waals surface area contributed by atoms with Gasteiger partial charge in [-0.15, -0.1) is 11.3 Å². The van der Waals surface area contributed by atoms with Crippen molar-refractivity contribution < 1.29 is 14.3 Å². The van der Waals surface area contributed by atoms with E-state index in [4.69, 9.17) is 4.74 Å². The normalized spacial score (nSPS) is 14.2. The number of aromatic amines is 2. The molecule has 8 heteroatoms. The van der Waals surface area contributed by atoms with Crippen molar-refractivity contribution in [1.82, 2.24) is 9.97 Å². The minimum Gasteiger partial charge on any atom is -0.448 e. The van der Waals surface area contributed by atoms with E-state index in [2.05, 4.69) is 15.3 Å². The molecule has 0 fully saturated rings. The smallest absolute Gasteiger partial charge is 0.349 e. The van der Waals surface area contributed by atoms with Gasteiger partial charge in [0.05, 0.1) is 11.0 Å². The third-order valence-corrected chi connectivity index (χ3v) is 5.60. The zero-order valence-electron chi connectivity index (χ0n) is 14.0. The molecule has 1 aliphatic rings. The molecule has 0 spiro atoms. The fourth-order valence-electron chi connectivity index (χ4n) is 3.06. The van der Waals surface area contributed by atoms with Gasteiger partial charge in [0, 0.05) is 10.6 Å². The molecule has 134 valence electrons. The number of esters is 1. The summed E-state index contributed by atoms with van der Waals surface area (Å²) in [5.41, 5.74) is 2.65. The third-order valence-electron chi connectivity index (χ3n) is 4.38. The van der Waals surface area contributed by atoms with Crippen LogP contribution in [0, 0.1) is 0 Å². The maximum absolute atomic E-state index is 12.3. The Kier molecular flexibility index (Phi) is 4.12. The lowest BCUT2D eigenvalue weighted by atomic mass is 10.2. The lowest BCUT2D eigenvalue weighted by Crippen LogP contribution is -2.29. The molecule has 0 bridgehead atoms. The monoisotopic (exact) mass is 371 g/mol. The van der Waals surface area contributed by atoms with Crippen LogP contribution >= 0.6 is 11.3 Å². The zero-order valence-corrected chi connectivity index (χ0v) is 14.9. The van der Waals surface area contributed by atoms with E-state index in [0.29, 0.717) is 21.6 Å². The number of amides is 1. The Morgan fingerprint density at radius 3 is 2.81 bits per heavy atom. The molecule has 26 heavy (non-hydrogen) atoms. The molecule has 1 aromatic carbocycles. The fourth-order valence-corrected chi connectivity index (χ4v) is 4.19. The van der Waals surface area contributed by atoms with Crippen LogP contribution in [0.25, 0.3) is 11.0 Å². The van der Waals surface area contributed by atoms with Crippen molar-refractivity contribution in [3.8, 4) is 0 Å². The van der Waals surface area contributed by atoms with E-state index in [0.717, 1.165) is 19.3 Å². The van der Waals surface area contributed by atoms with Crippen molar-refractivity contribution in [2.24, 2.45) is 0 Å². The molecule has 2 aromatic heterocycles. The van der Waals surface area contributed by atoms with Crippen LogP contribution in [0.2, 0.25) is 0 Å². The molecule has 4 rings (SSSR count). The quantitative estimate of drug-likeness (QED) is 0.613. The van der Waals surface area contributed by atoms with Crippen molar-refractivity contribution in [2.75, 3.05) is 5.32 Å². The molecule has 0 unspecified atom stereocenters. The number of ether oxygens (including phenoxy) is 1. The Morgan fingerprint density at radius 2 is 2.00 bits per heavy atom. The number of hydrogen-bond acceptors (Lipinski definition) is 5. The van der Waals surface area contributed by atoms with Gasteiger partial charge in [0.1, 0.15) is 4.88 Å². The van der Waals surface area contributed by atoms with E-state index < -0.39 is 18.0 Å². The lowest BCUT2D eigenvalue weighted by molar-refractivity contribution is -0.123. The Bertz CT molecular complexity index is 1040. The van der Waals surface area contributed by atoms with Gasteiger partial charge in [0.2, 0.25) is 0 Å². The van der Waals surface area contributed by atoms with Crippen molar-refractivity contribution >= 4 is 39.9 Å². The summed E-state index contributed by atoms with van der Waals surface area (Å²) in [6.07, 6.45) is 2.21. The number of aromatic nitrogens is 2. The van der Waals surface area contributed by atoms with Gasteiger partial charge in [0.25, 0.3) is 5.91 Å². The Hall–Kier alpha value is -2.87. The van der Waals surface area contributed by atoms with Crippen LogP contribution in [0.1, 0.15) is 33.5 Å². The molecular weight excluding hydrogens is 354 g/mol. The number of rotatable bonds is 4. The molecule has 1 amide bonds. The number of H-pyrrole nitrogens is 2. The number of carbonyl (C=O) groups is 2. The highest BCUT2D eigenvalue weighted by molar-refractivity contribution is 7.14. The van der Waals surface area contributed by atoms with Gasteiger partial charge in [0.15, 0.2) is 6.10 Å². The minimum atomic E-state index is -0.930. The SMILES string of the molecule is C[C@@H](OC(=O)c1cc2c(s1)CCC2)C(=O)Nc1ccc2[nH]c(=O)[nH]c2c1. The van der Waals surface area contributed by atoms with Crippen LogP contribution in [0.4, 0.5) is 5.69 Å². The molecule has 0 saturated carbocycles. The predicted octanol–water partition coefficient (Wildman–Crippen LogP) is 2.59. The van der Waals surface area contributed by atoms with E-state index in [-0.39, 0.29) is 5.69 Å². The standard InChI is InChI=1S/C18H17N3O4S/c1-9(25-17(23)15-7-10-3-2-4-14(10)26-15)16(22)19-11-5-6-12-13(8-11)21-18(24)20-12/h5-9H,2-4H2,1H3,(H,19,22)(H2,20,21,24)/t9-/m1/s1. The predicted molar refractivity (Wildman–Crippen MR) is 98.8 cm³/mol. The van der Waals surface area contributed by atoms with Crippen molar-refractivity contribution in [2.45, 2.75) is 32.3 Å². The first kappa shape index (κ1) is 16.6. The van der Waals surface area contributed by atoms with Crippen molar-refractivity contribution in [1.29, 1.82) is 0 Å². The van der Waals surface area contributed by atoms with Crippen LogP contribution in [-0.4, -0.2) is 27.9 Å². The highest BCUT2D eigenvalue weighted by Gasteiger charge is 2.23. The second-order valence-electron chi connectivity index (χ2n) is 6.29. The largest absolute Gasteiger partial charge is 0.448 e. The number of nitrogens with one attached hydrogen (secondary N) is 3. The molecule has 1 atom stereocenters. The highest BCUT2D eigenvalue weighted by Crippen LogP contribution is 2.31. The Balaban J connectivity index is 1.41. The number of aryl methyl sites for hydroxylation is 2. The van der Waals surface area contributed by atoms with E-state index >= 15 is 0 Å². The lowest BCUT2D eigenvalue weighted by Gasteiger charge is -2.13. The molecular formula is C18H17N3O4S. The maximum atomic E-state index is 12.3. The molecule has 1 aliphatic carbocycles. The number of thiophene rings is 1. The number of hydrogen-bond donors (Lipinski definition) is 3. The molecule has 7 nitrogen and oxygen atoms in total. The van der Waals surface area contributed by atoms with Crippen LogP contribution in [0.15, 0.2) is 29.1 Å². The Labute approximate surface area is 152 Å². The number of imidazole rings is 1. The summed E-state index contributed by atoms with van der Waals surface area (Å²) in [5.74, 6) is -0.905. The van der Waals surface area contributed by atoms with Crippen LogP contribution in [0.5, 0.6) is 0 Å². The summed E-state index contributed by atoms with van der Waals surface area (Å²) in [6, 6.07) is 6.87. The first-order valence-electron chi connectivity index (χ1n) is 8.35. The average Bonchev–Trinajstić information content (AvgIpc) is 3.27. The fraction of sp³-hybridized carbons (Fsp3) is 0.278. The molecule has 2 heterocycles. The van der Waals surface area contributed by atoms with Gasteiger partial charge in [-0.05, 0) is 56.0 Å². The van der Waals surface area contributed by atoms with Crippen molar-refractivity contribution in [3.63, 3.8) is 0 Å². The van der Waals surface area contributed by atoms with E-state index in [1.54, 1.807) is 18.2 Å². The summed E-state index contributed by atoms with van der Waals surface area (Å²) in [7, 11) is 0. The summed E-state index contributed by atoms with van der Waals surface area (Å²) >= 11 is 1.45. The van der Waals surface area contributed by atoms with Gasteiger partial charge < -0.3 is 20.0 Å². The van der Waals surface area contributed by atoms with Crippen LogP contribution in [-0.2, 0) is 22.4 Å². The molecule has 0 aliphatic heterocycles. The maximum Gasteiger partial charge on any atom is 0.349 e. The van der Waals surface area contributed by atoms with Gasteiger partial charge in [-0.25, -0.2) is 9.59 Å². The molecule has 0 radical (unpaired) electrons. The third kappa shape index (κ3) is 3.15. The highest BCUT2D eigenvalue weighted by atomic mass is 32.1. The van der Waals surface area contributed by atoms with Crippen LogP contribution < -0.4 is 11.0 Å². The van der Waals surface area contributed by atoms with Gasteiger partial charge in [-0.3, -0.25) is 4.79 Å². The van der Waals surface area contributed by atoms with E-state index in [1.807, 2.05) is 6.07 Å². The molecule has 0 saturated heterocycles. The minimum absolute atomic E-state index is 0.311. The van der Waals surface area contributed by atoms with Crippen molar-refractivity contribution in [3.05, 3.63) is 50.1 Å². The van der Waals surface area contributed by atoms with Gasteiger partial charge >= 0.3 is 11.7 Å². The average molecular weight is 371 g/mol. The van der Waals surface area contributed by atoms with Gasteiger partial charge in [-0.1, -0.05) is 0 Å². The van der Waals surface area contributed by atoms with E-state index in [9.17, 15) is 14.4 Å². The van der Waals surface area contributed by atoms with Gasteiger partial charge in [-0.2, -0.15) is 0 Å².